The molecule has 0 radical (unpaired) electrons. The number of aliphatic carboxylic acids is 1. The predicted octanol–water partition coefficient (Wildman–Crippen LogP) is 0.495. The van der Waals surface area contributed by atoms with Crippen molar-refractivity contribution >= 4 is 11.9 Å². The van der Waals surface area contributed by atoms with E-state index in [1.54, 1.807) is 0 Å². The van der Waals surface area contributed by atoms with Crippen molar-refractivity contribution in [3.05, 3.63) is 35.9 Å². The minimum Gasteiger partial charge on any atom is -0.481 e. The topological polar surface area (TPSA) is 92.4 Å². The lowest BCUT2D eigenvalue weighted by Gasteiger charge is -2.09. The van der Waals surface area contributed by atoms with Crippen molar-refractivity contribution in [3.8, 4) is 0 Å². The molecule has 4 N–H and O–H groups in total. The monoisotopic (exact) mass is 236 g/mol. The highest BCUT2D eigenvalue weighted by Crippen LogP contribution is 1.99. The molecule has 17 heavy (non-hydrogen) atoms. The summed E-state index contributed by atoms with van der Waals surface area (Å²) in [5.41, 5.74) is 6.50. The minimum atomic E-state index is -0.992. The number of nitrogens with one attached hydrogen (secondary N) is 1. The lowest BCUT2D eigenvalue weighted by molar-refractivity contribution is -0.137. The van der Waals surface area contributed by atoms with Crippen LogP contribution in [0.5, 0.6) is 0 Å². The second-order valence-electron chi connectivity index (χ2n) is 3.82. The second kappa shape index (κ2) is 6.65. The minimum absolute atomic E-state index is 0.0269. The summed E-state index contributed by atoms with van der Waals surface area (Å²) in [6, 6.07) is 8.83. The Hall–Kier alpha value is -1.88. The number of carbonyl (C=O) groups excluding carboxylic acids is 1. The zero-order valence-corrected chi connectivity index (χ0v) is 9.43. The summed E-state index contributed by atoms with van der Waals surface area (Å²) in [7, 11) is 0. The van der Waals surface area contributed by atoms with Gasteiger partial charge in [-0.3, -0.25) is 9.59 Å². The molecular formula is C12H16N2O3. The Morgan fingerprint density at radius 2 is 1.88 bits per heavy atom. The fraction of sp³-hybridized carbons (Fsp3) is 0.333. The Morgan fingerprint density at radius 1 is 1.24 bits per heavy atom. The van der Waals surface area contributed by atoms with E-state index in [-0.39, 0.29) is 18.7 Å². The number of carboxylic acids is 1. The molecule has 0 fully saturated rings. The maximum Gasteiger partial charge on any atom is 0.304 e. The van der Waals surface area contributed by atoms with Crippen LogP contribution in [-0.4, -0.2) is 23.0 Å². The maximum atomic E-state index is 11.4. The first kappa shape index (κ1) is 13.2. The van der Waals surface area contributed by atoms with Crippen molar-refractivity contribution in [2.24, 2.45) is 5.73 Å². The van der Waals surface area contributed by atoms with Crippen molar-refractivity contribution in [3.63, 3.8) is 0 Å². The summed E-state index contributed by atoms with van der Waals surface area (Å²) in [6.45, 7) is 0.430. The van der Waals surface area contributed by atoms with Crippen LogP contribution in [0.4, 0.5) is 0 Å². The van der Waals surface area contributed by atoms with Gasteiger partial charge in [-0.25, -0.2) is 0 Å². The van der Waals surface area contributed by atoms with Gasteiger partial charge in [0.25, 0.3) is 0 Å². The first-order chi connectivity index (χ1) is 8.08. The van der Waals surface area contributed by atoms with E-state index in [1.165, 1.54) is 0 Å². The Labute approximate surface area is 99.6 Å². The van der Waals surface area contributed by atoms with Crippen LogP contribution in [-0.2, 0) is 16.1 Å². The number of hydrogen-bond donors (Lipinski definition) is 3. The molecule has 5 nitrogen and oxygen atoms in total. The molecule has 92 valence electrons. The zero-order valence-electron chi connectivity index (χ0n) is 9.43. The highest BCUT2D eigenvalue weighted by Gasteiger charge is 2.12. The van der Waals surface area contributed by atoms with Gasteiger partial charge in [0.15, 0.2) is 0 Å². The molecule has 1 atom stereocenters. The highest BCUT2D eigenvalue weighted by molar-refractivity contribution is 5.77. The Bertz CT molecular complexity index is 379. The van der Waals surface area contributed by atoms with Gasteiger partial charge in [0.1, 0.15) is 0 Å². The molecule has 1 aromatic carbocycles. The van der Waals surface area contributed by atoms with Gasteiger partial charge in [-0.2, -0.15) is 0 Å². The lowest BCUT2D eigenvalue weighted by Crippen LogP contribution is -2.32. The molecule has 0 saturated carbocycles. The lowest BCUT2D eigenvalue weighted by atomic mass is 10.1. The van der Waals surface area contributed by atoms with E-state index in [4.69, 9.17) is 10.8 Å². The second-order valence-corrected chi connectivity index (χ2v) is 3.82. The first-order valence-electron chi connectivity index (χ1n) is 5.36. The van der Waals surface area contributed by atoms with Crippen LogP contribution in [0.25, 0.3) is 0 Å². The van der Waals surface area contributed by atoms with E-state index in [1.807, 2.05) is 30.3 Å². The van der Waals surface area contributed by atoms with E-state index >= 15 is 0 Å². The van der Waals surface area contributed by atoms with Gasteiger partial charge in [-0.05, 0) is 5.56 Å². The van der Waals surface area contributed by atoms with Crippen LogP contribution in [0.2, 0.25) is 0 Å². The number of hydrogen-bond acceptors (Lipinski definition) is 3. The van der Waals surface area contributed by atoms with Gasteiger partial charge in [-0.1, -0.05) is 30.3 Å². The number of carboxylic acid groups (broad SMARTS) is 1. The van der Waals surface area contributed by atoms with E-state index in [0.29, 0.717) is 6.54 Å². The van der Waals surface area contributed by atoms with Gasteiger partial charge in [0.05, 0.1) is 6.42 Å². The molecule has 0 saturated heterocycles. The summed E-state index contributed by atoms with van der Waals surface area (Å²) >= 11 is 0. The molecular weight excluding hydrogens is 220 g/mol. The molecule has 0 unspecified atom stereocenters. The van der Waals surface area contributed by atoms with Crippen molar-refractivity contribution < 1.29 is 14.7 Å². The summed E-state index contributed by atoms with van der Waals surface area (Å²) < 4.78 is 0. The van der Waals surface area contributed by atoms with Crippen molar-refractivity contribution in [1.29, 1.82) is 0 Å². The van der Waals surface area contributed by atoms with E-state index in [0.717, 1.165) is 5.56 Å². The van der Waals surface area contributed by atoms with Crippen molar-refractivity contribution in [1.82, 2.24) is 5.32 Å². The Morgan fingerprint density at radius 3 is 2.47 bits per heavy atom. The summed E-state index contributed by atoms with van der Waals surface area (Å²) in [4.78, 5) is 21.8. The van der Waals surface area contributed by atoms with Crippen molar-refractivity contribution in [2.75, 3.05) is 0 Å². The number of benzene rings is 1. The molecule has 0 aliphatic carbocycles. The molecule has 1 rings (SSSR count). The standard InChI is InChI=1S/C12H16N2O3/c13-10(7-12(16)17)6-11(15)14-8-9-4-2-1-3-5-9/h1-5,10H,6-8,13H2,(H,14,15)(H,16,17)/t10-/m0/s1. The van der Waals surface area contributed by atoms with Crippen LogP contribution >= 0.6 is 0 Å². The van der Waals surface area contributed by atoms with Crippen LogP contribution in [0.3, 0.4) is 0 Å². The third kappa shape index (κ3) is 5.67. The molecule has 1 amide bonds. The molecule has 0 aliphatic heterocycles. The Balaban J connectivity index is 2.28. The molecule has 0 heterocycles. The first-order valence-corrected chi connectivity index (χ1v) is 5.36. The number of carbonyl (C=O) groups is 2. The van der Waals surface area contributed by atoms with Crippen LogP contribution in [0.15, 0.2) is 30.3 Å². The van der Waals surface area contributed by atoms with Gasteiger partial charge in [0.2, 0.25) is 5.91 Å². The molecule has 1 aromatic rings. The molecule has 0 aromatic heterocycles. The summed E-state index contributed by atoms with van der Waals surface area (Å²) in [5.74, 6) is -1.23. The van der Waals surface area contributed by atoms with Gasteiger partial charge < -0.3 is 16.2 Å². The predicted molar refractivity (Wildman–Crippen MR) is 63.1 cm³/mol. The van der Waals surface area contributed by atoms with Gasteiger partial charge in [-0.15, -0.1) is 0 Å². The molecule has 5 heteroatoms. The highest BCUT2D eigenvalue weighted by atomic mass is 16.4. The smallest absolute Gasteiger partial charge is 0.304 e. The summed E-state index contributed by atoms with van der Waals surface area (Å²) in [6.07, 6.45) is -0.169. The SMILES string of the molecule is N[C@H](CC(=O)O)CC(=O)NCc1ccccc1. The van der Waals surface area contributed by atoms with Crippen LogP contribution in [0.1, 0.15) is 18.4 Å². The fourth-order valence-corrected chi connectivity index (χ4v) is 1.40. The largest absolute Gasteiger partial charge is 0.481 e. The van der Waals surface area contributed by atoms with Gasteiger partial charge in [0, 0.05) is 19.0 Å². The third-order valence-corrected chi connectivity index (χ3v) is 2.22. The fourth-order valence-electron chi connectivity index (χ4n) is 1.40. The number of rotatable bonds is 6. The van der Waals surface area contributed by atoms with Gasteiger partial charge >= 0.3 is 5.97 Å². The van der Waals surface area contributed by atoms with Crippen LogP contribution < -0.4 is 11.1 Å². The third-order valence-electron chi connectivity index (χ3n) is 2.22. The molecule has 0 bridgehead atoms. The molecule has 0 spiro atoms. The quantitative estimate of drug-likeness (QED) is 0.670. The number of amides is 1. The zero-order chi connectivity index (χ0) is 12.7. The van der Waals surface area contributed by atoms with Crippen LogP contribution in [0, 0.1) is 0 Å². The van der Waals surface area contributed by atoms with E-state index < -0.39 is 12.0 Å². The Kier molecular flexibility index (Phi) is 5.16. The van der Waals surface area contributed by atoms with E-state index in [2.05, 4.69) is 5.32 Å². The molecule has 0 aliphatic rings. The average molecular weight is 236 g/mol. The summed E-state index contributed by atoms with van der Waals surface area (Å²) in [5, 5.41) is 11.2. The van der Waals surface area contributed by atoms with Crippen molar-refractivity contribution in [2.45, 2.75) is 25.4 Å². The van der Waals surface area contributed by atoms with E-state index in [9.17, 15) is 9.59 Å². The maximum absolute atomic E-state index is 11.4. The number of nitrogens with two attached hydrogens (primary N) is 1. The average Bonchev–Trinajstić information content (AvgIpc) is 2.26. The normalized spacial score (nSPS) is 11.8.